The number of alkyl halides is 1. The summed E-state index contributed by atoms with van der Waals surface area (Å²) in [6.45, 7) is 4.69. The van der Waals surface area contributed by atoms with Crippen LogP contribution in [-0.4, -0.2) is 81.0 Å². The normalized spacial score (nSPS) is 29.7. The third kappa shape index (κ3) is 6.01. The summed E-state index contributed by atoms with van der Waals surface area (Å²) in [6, 6.07) is 0.887. The maximum atomic E-state index is 15.7. The van der Waals surface area contributed by atoms with Crippen molar-refractivity contribution < 1.29 is 66.0 Å². The predicted octanol–water partition coefficient (Wildman–Crippen LogP) is 0.792. The van der Waals surface area contributed by atoms with Gasteiger partial charge in [0, 0.05) is 12.3 Å². The van der Waals surface area contributed by atoms with Gasteiger partial charge in [-0.3, -0.25) is 18.9 Å². The zero-order valence-electron chi connectivity index (χ0n) is 21.4. The number of aromatic nitrogens is 2. The number of phosphoric acid groups is 1. The third-order valence-electron chi connectivity index (χ3n) is 5.47. The highest BCUT2D eigenvalue weighted by Gasteiger charge is 2.95. The molecule has 1 aromatic heterocycles. The summed E-state index contributed by atoms with van der Waals surface area (Å²) in [5.74, 6) is -3.28. The van der Waals surface area contributed by atoms with E-state index in [2.05, 4.69) is 9.47 Å². The summed E-state index contributed by atoms with van der Waals surface area (Å²) >= 11 is 0. The van der Waals surface area contributed by atoms with Gasteiger partial charge in [-0.2, -0.15) is 0 Å². The number of aliphatic hydroxyl groups is 2. The van der Waals surface area contributed by atoms with Crippen molar-refractivity contribution in [3.05, 3.63) is 33.1 Å². The SMILES string of the molecule is CC(C)OC(=O)OCOP(=O)(OCOC(=O)OC(C)C)OC1[C@@]2(O)[C@@](C)(O)[C@H](n3ccc(=O)[nH]c3=O)O[C@]12F. The fourth-order valence-corrected chi connectivity index (χ4v) is 4.74. The van der Waals surface area contributed by atoms with Gasteiger partial charge in [-0.1, -0.05) is 0 Å². The number of hydrogen-bond donors (Lipinski definition) is 3. The molecule has 1 saturated heterocycles. The summed E-state index contributed by atoms with van der Waals surface area (Å²) < 4.78 is 67.7. The number of aromatic amines is 1. The summed E-state index contributed by atoms with van der Waals surface area (Å²) in [7, 11) is -5.07. The number of carbonyl (C=O) groups excluding carboxylic acids is 2. The lowest BCUT2D eigenvalue weighted by molar-refractivity contribution is -0.183. The first-order valence-electron chi connectivity index (χ1n) is 11.3. The minimum atomic E-state index is -5.07. The van der Waals surface area contributed by atoms with E-state index in [1.54, 1.807) is 0 Å². The van der Waals surface area contributed by atoms with Crippen LogP contribution in [0, 0.1) is 0 Å². The molecule has 0 bridgehead atoms. The number of fused-ring (bicyclic) bond motifs is 1. The van der Waals surface area contributed by atoms with Gasteiger partial charge in [0.15, 0.2) is 17.9 Å². The van der Waals surface area contributed by atoms with Crippen molar-refractivity contribution in [3.63, 3.8) is 0 Å². The Labute approximate surface area is 219 Å². The first-order chi connectivity index (χ1) is 18.0. The van der Waals surface area contributed by atoms with E-state index in [9.17, 15) is 34.0 Å². The summed E-state index contributed by atoms with van der Waals surface area (Å²) in [5.41, 5.74) is -7.47. The van der Waals surface area contributed by atoms with E-state index in [4.69, 9.17) is 27.8 Å². The molecule has 2 fully saturated rings. The van der Waals surface area contributed by atoms with Crippen molar-refractivity contribution in [2.75, 3.05) is 13.6 Å². The summed E-state index contributed by atoms with van der Waals surface area (Å²) in [4.78, 5) is 48.5. The number of phosphoric ester groups is 1. The van der Waals surface area contributed by atoms with Crippen LogP contribution in [0.25, 0.3) is 0 Å². The second-order valence-electron chi connectivity index (χ2n) is 9.09. The number of ether oxygens (including phenoxy) is 5. The van der Waals surface area contributed by atoms with Gasteiger partial charge in [-0.05, 0) is 34.6 Å². The van der Waals surface area contributed by atoms with Crippen LogP contribution >= 0.6 is 7.82 Å². The second-order valence-corrected chi connectivity index (χ2v) is 10.7. The number of nitrogens with zero attached hydrogens (tertiary/aromatic N) is 1. The molecule has 1 aliphatic heterocycles. The Morgan fingerprint density at radius 1 is 1.10 bits per heavy atom. The molecule has 17 nitrogen and oxygen atoms in total. The van der Waals surface area contributed by atoms with Gasteiger partial charge in [0.05, 0.1) is 12.2 Å². The zero-order valence-corrected chi connectivity index (χ0v) is 22.2. The summed E-state index contributed by atoms with van der Waals surface area (Å²) in [6.07, 6.45) is -6.87. The first kappa shape index (κ1) is 30.7. The smallest absolute Gasteiger partial charge is 0.432 e. The summed E-state index contributed by atoms with van der Waals surface area (Å²) in [5, 5.41) is 22.0. The van der Waals surface area contributed by atoms with Crippen LogP contribution in [-0.2, 0) is 41.8 Å². The highest BCUT2D eigenvalue weighted by Crippen LogP contribution is 2.72. The third-order valence-corrected chi connectivity index (χ3v) is 6.78. The molecule has 39 heavy (non-hydrogen) atoms. The monoisotopic (exact) mass is 586 g/mol. The van der Waals surface area contributed by atoms with Crippen molar-refractivity contribution in [1.82, 2.24) is 9.55 Å². The van der Waals surface area contributed by atoms with Gasteiger partial charge >= 0.3 is 25.8 Å². The Bertz CT molecular complexity index is 1220. The lowest BCUT2D eigenvalue weighted by Crippen LogP contribution is -2.51. The molecule has 0 spiro atoms. The van der Waals surface area contributed by atoms with Crippen molar-refractivity contribution in [2.45, 2.75) is 76.2 Å². The van der Waals surface area contributed by atoms with Gasteiger partial charge in [0.25, 0.3) is 11.4 Å². The molecule has 1 aliphatic carbocycles. The Hall–Kier alpha value is -2.86. The van der Waals surface area contributed by atoms with Crippen molar-refractivity contribution >= 4 is 20.1 Å². The highest BCUT2D eigenvalue weighted by molar-refractivity contribution is 7.48. The lowest BCUT2D eigenvalue weighted by Gasteiger charge is -2.32. The molecular weight excluding hydrogens is 558 g/mol. The van der Waals surface area contributed by atoms with Gasteiger partial charge in [-0.15, -0.1) is 0 Å². The fraction of sp³-hybridized carbons (Fsp3) is 0.700. The molecule has 2 heterocycles. The van der Waals surface area contributed by atoms with E-state index in [0.29, 0.717) is 4.57 Å². The van der Waals surface area contributed by atoms with Gasteiger partial charge in [0.2, 0.25) is 13.6 Å². The molecule has 2 aliphatic rings. The maximum Gasteiger partial charge on any atom is 0.510 e. The number of rotatable bonds is 11. The molecule has 220 valence electrons. The minimum Gasteiger partial charge on any atom is -0.432 e. The second kappa shape index (κ2) is 11.0. The van der Waals surface area contributed by atoms with Crippen molar-refractivity contribution in [1.29, 1.82) is 0 Å². The highest BCUT2D eigenvalue weighted by atomic mass is 31.2. The Morgan fingerprint density at radius 2 is 1.62 bits per heavy atom. The lowest BCUT2D eigenvalue weighted by atomic mass is 9.95. The number of H-pyrrole nitrogens is 1. The molecule has 0 aromatic carbocycles. The van der Waals surface area contributed by atoms with E-state index >= 15 is 4.39 Å². The molecule has 1 unspecified atom stereocenters. The van der Waals surface area contributed by atoms with Crippen LogP contribution in [0.4, 0.5) is 14.0 Å². The Balaban J connectivity index is 1.76. The number of nitrogens with one attached hydrogen (secondary N) is 1. The molecule has 3 rings (SSSR count). The number of hydrogen-bond acceptors (Lipinski definition) is 15. The maximum absolute atomic E-state index is 15.7. The zero-order chi connectivity index (χ0) is 29.4. The van der Waals surface area contributed by atoms with Crippen LogP contribution in [0.1, 0.15) is 40.8 Å². The van der Waals surface area contributed by atoms with E-state index in [0.717, 1.165) is 19.2 Å². The largest absolute Gasteiger partial charge is 0.510 e. The predicted molar refractivity (Wildman–Crippen MR) is 121 cm³/mol. The molecule has 0 amide bonds. The van der Waals surface area contributed by atoms with E-state index in [1.165, 1.54) is 27.7 Å². The van der Waals surface area contributed by atoms with E-state index in [1.807, 2.05) is 4.98 Å². The molecular formula is C20H28FN2O15P. The first-order valence-corrected chi connectivity index (χ1v) is 12.8. The number of halogens is 1. The van der Waals surface area contributed by atoms with Crippen LogP contribution < -0.4 is 11.2 Å². The fourth-order valence-electron chi connectivity index (χ4n) is 3.64. The van der Waals surface area contributed by atoms with Crippen LogP contribution in [0.3, 0.4) is 0 Å². The number of carbonyl (C=O) groups is 2. The molecule has 3 N–H and O–H groups in total. The molecule has 1 aromatic rings. The average Bonchev–Trinajstić information content (AvgIpc) is 3.18. The van der Waals surface area contributed by atoms with Crippen LogP contribution in [0.15, 0.2) is 21.9 Å². The molecule has 0 radical (unpaired) electrons. The van der Waals surface area contributed by atoms with Gasteiger partial charge in [-0.25, -0.2) is 32.4 Å². The molecule has 5 atom stereocenters. The average molecular weight is 586 g/mol. The Kier molecular flexibility index (Phi) is 8.62. The van der Waals surface area contributed by atoms with Gasteiger partial charge < -0.3 is 33.9 Å². The van der Waals surface area contributed by atoms with E-state index < -0.39 is 86.6 Å². The van der Waals surface area contributed by atoms with Crippen molar-refractivity contribution in [2.24, 2.45) is 0 Å². The molecule has 19 heteroatoms. The minimum absolute atomic E-state index is 0.578. The van der Waals surface area contributed by atoms with Gasteiger partial charge in [0.1, 0.15) is 5.60 Å². The van der Waals surface area contributed by atoms with Crippen LogP contribution in [0.5, 0.6) is 0 Å². The topological polar surface area (TPSA) is 220 Å². The van der Waals surface area contributed by atoms with Crippen LogP contribution in [0.2, 0.25) is 0 Å². The standard InChI is InChI=1S/C20H28FN2O15P/c1-10(2)35-16(26)31-8-33-39(30,34-9-32-17(27)36-11(3)4)38-13-19(29)18(5,28)14(37-20(13,19)21)23-7-6-12(24)22-15(23)25/h6-7,10-11,13-14,28-29H,8-9H2,1-5H3,(H,22,24,25)/t13?,14-,18+,19-,20-/m1/s1. The molecule has 1 saturated carbocycles. The van der Waals surface area contributed by atoms with E-state index in [-0.39, 0.29) is 0 Å². The van der Waals surface area contributed by atoms with Crippen molar-refractivity contribution in [3.8, 4) is 0 Å². The Morgan fingerprint density at radius 3 is 2.03 bits per heavy atom. The quantitative estimate of drug-likeness (QED) is 0.185.